The molecule has 1 saturated heterocycles. The van der Waals surface area contributed by atoms with E-state index in [0.29, 0.717) is 23.0 Å². The maximum absolute atomic E-state index is 13.2. The van der Waals surface area contributed by atoms with Gasteiger partial charge in [0.1, 0.15) is 23.2 Å². The molecule has 15 nitrogen and oxygen atoms in total. The highest BCUT2D eigenvalue weighted by Crippen LogP contribution is 2.41. The number of allylic oxidation sites excluding steroid dienone is 1. The van der Waals surface area contributed by atoms with Gasteiger partial charge in [-0.25, -0.2) is 9.48 Å². The van der Waals surface area contributed by atoms with Crippen molar-refractivity contribution in [2.75, 3.05) is 17.2 Å². The van der Waals surface area contributed by atoms with Gasteiger partial charge < -0.3 is 21.0 Å². The highest BCUT2D eigenvalue weighted by Gasteiger charge is 2.54. The summed E-state index contributed by atoms with van der Waals surface area (Å²) in [4.78, 5) is 49.3. The summed E-state index contributed by atoms with van der Waals surface area (Å²) in [7, 11) is 0. The number of thioether (sulfide) groups is 2. The standard InChI is InChI=1S/C21H24N10O5S3/c1-2-7-30-21(25-28-29-30)38-9-10-8-37-18-13(17(33)31(18)14(10)19(34)35)23-16(32)12(15-24-20(22)39-27-15)26-36-11-5-3-4-6-11/h2,11,13,18H,1,3-9H2,(H,23,32)(H,34,35)(H2,22,24,27)/t13?,18-/m1/s1. The van der Waals surface area contributed by atoms with E-state index in [1.54, 1.807) is 6.08 Å². The van der Waals surface area contributed by atoms with Crippen molar-refractivity contribution in [2.45, 2.75) is 54.9 Å². The van der Waals surface area contributed by atoms with Crippen molar-refractivity contribution in [3.05, 3.63) is 29.7 Å². The summed E-state index contributed by atoms with van der Waals surface area (Å²) in [6, 6.07) is -0.960. The Morgan fingerprint density at radius 2 is 2.15 bits per heavy atom. The van der Waals surface area contributed by atoms with Crippen LogP contribution >= 0.6 is 35.1 Å². The summed E-state index contributed by atoms with van der Waals surface area (Å²) in [5.74, 6) is -1.87. The summed E-state index contributed by atoms with van der Waals surface area (Å²) < 4.78 is 5.60. The molecule has 2 aromatic heterocycles. The molecular formula is C21H24N10O5S3. The number of carbonyl (C=O) groups is 3. The molecule has 0 bridgehead atoms. The molecule has 2 amide bonds. The predicted octanol–water partition coefficient (Wildman–Crippen LogP) is 0.487. The van der Waals surface area contributed by atoms with E-state index in [1.165, 1.54) is 33.1 Å². The number of oxime groups is 1. The number of hydrogen-bond acceptors (Lipinski definition) is 14. The fourth-order valence-electron chi connectivity index (χ4n) is 4.33. The molecule has 2 fully saturated rings. The fourth-order valence-corrected chi connectivity index (χ4v) is 7.13. The van der Waals surface area contributed by atoms with Crippen LogP contribution in [0, 0.1) is 0 Å². The number of tetrazole rings is 1. The number of nitrogens with zero attached hydrogens (tertiary/aromatic N) is 8. The molecule has 1 aliphatic carbocycles. The quantitative estimate of drug-likeness (QED) is 0.107. The minimum Gasteiger partial charge on any atom is -0.477 e. The predicted molar refractivity (Wildman–Crippen MR) is 143 cm³/mol. The van der Waals surface area contributed by atoms with Crippen LogP contribution in [0.4, 0.5) is 5.13 Å². The zero-order chi connectivity index (χ0) is 27.5. The van der Waals surface area contributed by atoms with Crippen molar-refractivity contribution in [3.8, 4) is 0 Å². The van der Waals surface area contributed by atoms with E-state index >= 15 is 0 Å². The molecule has 39 heavy (non-hydrogen) atoms. The number of hydrogen-bond donors (Lipinski definition) is 3. The normalized spacial score (nSPS) is 21.5. The Kier molecular flexibility index (Phi) is 8.12. The van der Waals surface area contributed by atoms with Crippen LogP contribution in [0.25, 0.3) is 0 Å². The number of fused-ring (bicyclic) bond motifs is 1. The van der Waals surface area contributed by atoms with Crippen LogP contribution in [0.3, 0.4) is 0 Å². The van der Waals surface area contributed by atoms with E-state index in [4.69, 9.17) is 10.6 Å². The van der Waals surface area contributed by atoms with Crippen molar-refractivity contribution in [3.63, 3.8) is 0 Å². The van der Waals surface area contributed by atoms with Crippen molar-refractivity contribution in [1.82, 2.24) is 39.8 Å². The number of carboxylic acid groups (broad SMARTS) is 1. The Bertz CT molecular complexity index is 1350. The maximum atomic E-state index is 13.2. The van der Waals surface area contributed by atoms with E-state index < -0.39 is 29.2 Å². The SMILES string of the molecule is C=CCn1nnnc1SCC1=C(C(=O)O)N2C(=O)C(NC(=O)C(=NOC3CCCC3)c3nsc(N)n3)[C@H]2SC1. The van der Waals surface area contributed by atoms with Gasteiger partial charge in [-0.1, -0.05) is 23.0 Å². The number of aromatic nitrogens is 6. The first kappa shape index (κ1) is 27.1. The zero-order valence-electron chi connectivity index (χ0n) is 20.4. The van der Waals surface area contributed by atoms with Gasteiger partial charge in [-0.05, 0) is 41.7 Å². The lowest BCUT2D eigenvalue weighted by Crippen LogP contribution is -2.71. The van der Waals surface area contributed by atoms with Gasteiger partial charge in [-0.2, -0.15) is 9.36 Å². The van der Waals surface area contributed by atoms with Crippen molar-refractivity contribution in [1.29, 1.82) is 0 Å². The van der Waals surface area contributed by atoms with E-state index in [1.807, 2.05) is 0 Å². The van der Waals surface area contributed by atoms with Gasteiger partial charge in [-0.15, -0.1) is 23.4 Å². The molecule has 0 aromatic carbocycles. The van der Waals surface area contributed by atoms with Crippen LogP contribution in [-0.4, -0.2) is 92.1 Å². The second-order valence-electron chi connectivity index (χ2n) is 8.75. The number of amides is 2. The summed E-state index contributed by atoms with van der Waals surface area (Å²) in [6.07, 6.45) is 5.22. The Morgan fingerprint density at radius 3 is 2.85 bits per heavy atom. The van der Waals surface area contributed by atoms with E-state index in [-0.39, 0.29) is 34.2 Å². The lowest BCUT2D eigenvalue weighted by atomic mass is 10.0. The number of anilines is 1. The number of rotatable bonds is 11. The van der Waals surface area contributed by atoms with E-state index in [0.717, 1.165) is 37.2 Å². The van der Waals surface area contributed by atoms with Crippen molar-refractivity contribution >= 4 is 63.7 Å². The van der Waals surface area contributed by atoms with Crippen molar-refractivity contribution < 1.29 is 24.3 Å². The van der Waals surface area contributed by atoms with Gasteiger partial charge in [0, 0.05) is 23.0 Å². The minimum absolute atomic E-state index is 0.00264. The van der Waals surface area contributed by atoms with Gasteiger partial charge in [-0.3, -0.25) is 14.5 Å². The topological polar surface area (TPSA) is 204 Å². The third-order valence-electron chi connectivity index (χ3n) is 6.18. The molecule has 2 atom stereocenters. The Labute approximate surface area is 234 Å². The molecule has 0 radical (unpaired) electrons. The van der Waals surface area contributed by atoms with Gasteiger partial charge >= 0.3 is 5.97 Å². The summed E-state index contributed by atoms with van der Waals surface area (Å²) >= 11 is 3.52. The molecule has 4 N–H and O–H groups in total. The zero-order valence-corrected chi connectivity index (χ0v) is 22.9. The summed E-state index contributed by atoms with van der Waals surface area (Å²) in [5, 5.41) is 28.1. The van der Waals surface area contributed by atoms with Gasteiger partial charge in [0.15, 0.2) is 5.13 Å². The smallest absolute Gasteiger partial charge is 0.352 e. The average molecular weight is 593 g/mol. The van der Waals surface area contributed by atoms with Crippen LogP contribution in [0.1, 0.15) is 31.5 Å². The maximum Gasteiger partial charge on any atom is 0.352 e. The van der Waals surface area contributed by atoms with E-state index in [9.17, 15) is 19.5 Å². The largest absolute Gasteiger partial charge is 0.477 e. The third-order valence-corrected chi connectivity index (χ3v) is 9.10. The number of nitrogen functional groups attached to an aromatic ring is 1. The van der Waals surface area contributed by atoms with E-state index in [2.05, 4.69) is 41.9 Å². The minimum atomic E-state index is -1.23. The lowest BCUT2D eigenvalue weighted by molar-refractivity contribution is -0.150. The molecule has 0 spiro atoms. The Balaban J connectivity index is 1.30. The van der Waals surface area contributed by atoms with Crippen LogP contribution in [0.2, 0.25) is 0 Å². The van der Waals surface area contributed by atoms with Crippen LogP contribution in [-0.2, 0) is 25.8 Å². The second-order valence-corrected chi connectivity index (χ2v) is 11.6. The molecule has 1 unspecified atom stereocenters. The molecule has 1 saturated carbocycles. The second kappa shape index (κ2) is 11.7. The average Bonchev–Trinajstić information content (AvgIpc) is 3.69. The van der Waals surface area contributed by atoms with Gasteiger partial charge in [0.05, 0.1) is 6.54 Å². The van der Waals surface area contributed by atoms with Gasteiger partial charge in [0.25, 0.3) is 11.8 Å². The Hall–Kier alpha value is -3.51. The first-order valence-corrected chi connectivity index (χ1v) is 14.7. The number of carbonyl (C=O) groups excluding carboxylic acids is 2. The molecule has 5 rings (SSSR count). The first-order valence-electron chi connectivity index (χ1n) is 11.9. The summed E-state index contributed by atoms with van der Waals surface area (Å²) in [6.45, 7) is 4.07. The molecular weight excluding hydrogens is 568 g/mol. The van der Waals surface area contributed by atoms with Crippen LogP contribution in [0.15, 0.2) is 34.2 Å². The molecule has 3 aliphatic rings. The number of nitrogens with two attached hydrogens (primary N) is 1. The number of aliphatic carboxylic acids is 1. The number of β-lactam (4-membered cyclic amide) rings is 1. The van der Waals surface area contributed by atoms with Crippen molar-refractivity contribution in [2.24, 2.45) is 5.16 Å². The summed E-state index contributed by atoms with van der Waals surface area (Å²) in [5.41, 5.74) is 5.95. The number of nitrogens with one attached hydrogen (secondary N) is 1. The highest BCUT2D eigenvalue weighted by atomic mass is 32.2. The van der Waals surface area contributed by atoms with Gasteiger partial charge in [0.2, 0.25) is 16.7 Å². The monoisotopic (exact) mass is 592 g/mol. The number of carboxylic acids is 1. The molecule has 4 heterocycles. The molecule has 2 aliphatic heterocycles. The fraction of sp³-hybridized carbons (Fsp3) is 0.476. The highest BCUT2D eigenvalue weighted by molar-refractivity contribution is 8.01. The molecule has 18 heteroatoms. The Morgan fingerprint density at radius 1 is 1.36 bits per heavy atom. The molecule has 206 valence electrons. The molecule has 2 aromatic rings. The lowest BCUT2D eigenvalue weighted by Gasteiger charge is -2.49. The van der Waals surface area contributed by atoms with Crippen LogP contribution < -0.4 is 11.1 Å². The first-order chi connectivity index (χ1) is 18.9. The van der Waals surface area contributed by atoms with Crippen LogP contribution in [0.5, 0.6) is 0 Å². The third kappa shape index (κ3) is 5.62.